The minimum atomic E-state index is -2.96. The summed E-state index contributed by atoms with van der Waals surface area (Å²) >= 11 is 9.01. The summed E-state index contributed by atoms with van der Waals surface area (Å²) in [7, 11) is 0. The third-order valence-corrected chi connectivity index (χ3v) is 3.04. The van der Waals surface area contributed by atoms with Gasteiger partial charge < -0.3 is 10.1 Å². The second-order valence-corrected chi connectivity index (χ2v) is 5.25. The lowest BCUT2D eigenvalue weighted by Gasteiger charge is -2.09. The molecule has 2 aromatic rings. The molecule has 1 N–H and O–H groups in total. The fourth-order valence-corrected chi connectivity index (χ4v) is 2.10. The first-order chi connectivity index (χ1) is 9.94. The van der Waals surface area contributed by atoms with E-state index in [0.717, 1.165) is 4.47 Å². The van der Waals surface area contributed by atoms with Crippen LogP contribution >= 0.6 is 27.5 Å². The summed E-state index contributed by atoms with van der Waals surface area (Å²) in [6.45, 7) is -2.94. The van der Waals surface area contributed by atoms with Crippen LogP contribution in [-0.4, -0.2) is 22.3 Å². The molecule has 0 aliphatic heterocycles. The highest BCUT2D eigenvalue weighted by Crippen LogP contribution is 2.28. The summed E-state index contributed by atoms with van der Waals surface area (Å²) in [5.74, 6) is -0.482. The van der Waals surface area contributed by atoms with Crippen LogP contribution in [0, 0.1) is 0 Å². The Morgan fingerprint density at radius 1 is 1.52 bits per heavy atom. The Hall–Kier alpha value is -1.67. The van der Waals surface area contributed by atoms with Gasteiger partial charge in [-0.15, -0.1) is 0 Å². The van der Waals surface area contributed by atoms with E-state index in [1.54, 1.807) is 12.4 Å². The van der Waals surface area contributed by atoms with Crippen LogP contribution in [-0.2, 0) is 11.3 Å². The molecule has 0 radical (unpaired) electrons. The van der Waals surface area contributed by atoms with Crippen LogP contribution in [0.4, 0.5) is 14.5 Å². The summed E-state index contributed by atoms with van der Waals surface area (Å²) in [5.41, 5.74) is 0.373. The smallest absolute Gasteiger partial charge is 0.387 e. The molecule has 112 valence electrons. The number of hydrogen-bond donors (Lipinski definition) is 1. The van der Waals surface area contributed by atoms with Crippen LogP contribution in [0.1, 0.15) is 0 Å². The Morgan fingerprint density at radius 3 is 2.86 bits per heavy atom. The molecular weight excluding hydrogens is 372 g/mol. The van der Waals surface area contributed by atoms with Crippen molar-refractivity contribution in [3.63, 3.8) is 0 Å². The van der Waals surface area contributed by atoms with Crippen molar-refractivity contribution in [3.8, 4) is 5.75 Å². The van der Waals surface area contributed by atoms with Crippen LogP contribution in [0.2, 0.25) is 5.02 Å². The van der Waals surface area contributed by atoms with Crippen molar-refractivity contribution in [3.05, 3.63) is 40.1 Å². The molecule has 1 aromatic carbocycles. The molecule has 1 aromatic heterocycles. The third kappa shape index (κ3) is 4.68. The molecule has 0 spiro atoms. The second kappa shape index (κ2) is 6.86. The zero-order chi connectivity index (χ0) is 15.4. The maximum Gasteiger partial charge on any atom is 0.387 e. The molecule has 0 bridgehead atoms. The van der Waals surface area contributed by atoms with Gasteiger partial charge in [-0.3, -0.25) is 9.48 Å². The quantitative estimate of drug-likeness (QED) is 0.863. The molecule has 0 saturated heterocycles. The topological polar surface area (TPSA) is 56.2 Å². The van der Waals surface area contributed by atoms with Crippen LogP contribution < -0.4 is 10.1 Å². The summed E-state index contributed by atoms with van der Waals surface area (Å²) in [4.78, 5) is 11.8. The van der Waals surface area contributed by atoms with Crippen molar-refractivity contribution >= 4 is 39.1 Å². The number of carbonyl (C=O) groups is 1. The maximum absolute atomic E-state index is 12.1. The molecule has 21 heavy (non-hydrogen) atoms. The second-order valence-electron chi connectivity index (χ2n) is 3.93. The van der Waals surface area contributed by atoms with E-state index in [1.165, 1.54) is 22.9 Å². The highest BCUT2D eigenvalue weighted by molar-refractivity contribution is 9.10. The number of anilines is 1. The summed E-state index contributed by atoms with van der Waals surface area (Å²) in [6.07, 6.45) is 3.20. The summed E-state index contributed by atoms with van der Waals surface area (Å²) in [5, 5.41) is 6.50. The van der Waals surface area contributed by atoms with Gasteiger partial charge in [-0.25, -0.2) is 0 Å². The normalized spacial score (nSPS) is 10.7. The van der Waals surface area contributed by atoms with Gasteiger partial charge in [-0.05, 0) is 34.1 Å². The number of benzene rings is 1. The van der Waals surface area contributed by atoms with Crippen LogP contribution in [0.25, 0.3) is 0 Å². The van der Waals surface area contributed by atoms with Gasteiger partial charge in [0, 0.05) is 11.9 Å². The van der Waals surface area contributed by atoms with Crippen LogP contribution in [0.3, 0.4) is 0 Å². The van der Waals surface area contributed by atoms with Crippen molar-refractivity contribution in [1.82, 2.24) is 9.78 Å². The third-order valence-electron chi connectivity index (χ3n) is 2.34. The number of nitrogens with zero attached hydrogens (tertiary/aromatic N) is 2. The Bertz CT molecular complexity index is 651. The van der Waals surface area contributed by atoms with Gasteiger partial charge in [-0.2, -0.15) is 13.9 Å². The fourth-order valence-electron chi connectivity index (χ4n) is 1.54. The number of alkyl halides is 2. The van der Waals surface area contributed by atoms with Crippen molar-refractivity contribution in [1.29, 1.82) is 0 Å². The first-order valence-electron chi connectivity index (χ1n) is 5.66. The predicted molar refractivity (Wildman–Crippen MR) is 76.6 cm³/mol. The first kappa shape index (κ1) is 15.7. The first-order valence-corrected chi connectivity index (χ1v) is 6.83. The number of hydrogen-bond acceptors (Lipinski definition) is 3. The molecule has 1 amide bonds. The minimum absolute atomic E-state index is 0.0124. The van der Waals surface area contributed by atoms with Gasteiger partial charge in [0.05, 0.1) is 15.7 Å². The largest absolute Gasteiger partial charge is 0.433 e. The van der Waals surface area contributed by atoms with Crippen molar-refractivity contribution in [2.24, 2.45) is 0 Å². The Balaban J connectivity index is 1.99. The van der Waals surface area contributed by atoms with E-state index in [1.807, 2.05) is 0 Å². The van der Waals surface area contributed by atoms with Gasteiger partial charge in [0.1, 0.15) is 12.3 Å². The predicted octanol–water partition coefficient (Wildman–Crippen LogP) is 3.54. The lowest BCUT2D eigenvalue weighted by atomic mass is 10.3. The number of rotatable bonds is 5. The number of carbonyl (C=O) groups excluding carboxylic acids is 1. The van der Waals surface area contributed by atoms with E-state index < -0.39 is 6.61 Å². The summed E-state index contributed by atoms with van der Waals surface area (Å²) in [6, 6.07) is 4.01. The average molecular weight is 381 g/mol. The number of aromatic nitrogens is 2. The molecule has 0 aliphatic rings. The Labute approximate surface area is 132 Å². The molecule has 5 nitrogen and oxygen atoms in total. The van der Waals surface area contributed by atoms with Gasteiger partial charge in [0.25, 0.3) is 0 Å². The van der Waals surface area contributed by atoms with Crippen LogP contribution in [0.15, 0.2) is 35.1 Å². The van der Waals surface area contributed by atoms with Crippen molar-refractivity contribution in [2.75, 3.05) is 5.32 Å². The van der Waals surface area contributed by atoms with Crippen LogP contribution in [0.5, 0.6) is 5.75 Å². The van der Waals surface area contributed by atoms with E-state index in [9.17, 15) is 13.6 Å². The van der Waals surface area contributed by atoms with E-state index in [2.05, 4.69) is 31.1 Å². The molecule has 0 saturated carbocycles. The number of ether oxygens (including phenoxy) is 1. The highest BCUT2D eigenvalue weighted by Gasteiger charge is 2.10. The van der Waals surface area contributed by atoms with Gasteiger partial charge in [0.15, 0.2) is 0 Å². The molecular formula is C12H9BrClF2N3O2. The average Bonchev–Trinajstić information content (AvgIpc) is 2.77. The molecule has 0 unspecified atom stereocenters. The van der Waals surface area contributed by atoms with Crippen molar-refractivity contribution < 1.29 is 18.3 Å². The van der Waals surface area contributed by atoms with Gasteiger partial charge >= 0.3 is 6.61 Å². The van der Waals surface area contributed by atoms with Gasteiger partial charge in [0.2, 0.25) is 5.91 Å². The SMILES string of the molecule is O=C(Cn1cc(Br)cn1)Nc1ccc(OC(F)F)c(Cl)c1. The molecule has 0 fully saturated rings. The molecule has 0 aliphatic carbocycles. The van der Waals surface area contributed by atoms with E-state index in [0.29, 0.717) is 5.69 Å². The lowest BCUT2D eigenvalue weighted by Crippen LogP contribution is -2.19. The minimum Gasteiger partial charge on any atom is -0.433 e. The molecule has 9 heteroatoms. The fraction of sp³-hybridized carbons (Fsp3) is 0.167. The van der Waals surface area contributed by atoms with E-state index in [4.69, 9.17) is 11.6 Å². The Morgan fingerprint density at radius 2 is 2.29 bits per heavy atom. The van der Waals surface area contributed by atoms with Gasteiger partial charge in [-0.1, -0.05) is 11.6 Å². The maximum atomic E-state index is 12.1. The highest BCUT2D eigenvalue weighted by atomic mass is 79.9. The van der Waals surface area contributed by atoms with E-state index >= 15 is 0 Å². The number of halogens is 4. The Kier molecular flexibility index (Phi) is 5.13. The molecule has 2 rings (SSSR count). The lowest BCUT2D eigenvalue weighted by molar-refractivity contribution is -0.116. The standard InChI is InChI=1S/C12H9BrClF2N3O2/c13-7-4-17-19(5-7)6-11(20)18-8-1-2-10(9(14)3-8)21-12(15)16/h1-5,12H,6H2,(H,18,20). The number of amides is 1. The zero-order valence-electron chi connectivity index (χ0n) is 10.4. The monoisotopic (exact) mass is 379 g/mol. The summed E-state index contributed by atoms with van der Waals surface area (Å²) < 4.78 is 30.6. The molecule has 1 heterocycles. The molecule has 0 atom stereocenters. The van der Waals surface area contributed by atoms with E-state index in [-0.39, 0.29) is 23.2 Å². The zero-order valence-corrected chi connectivity index (χ0v) is 12.7. The number of nitrogens with one attached hydrogen (secondary N) is 1. The van der Waals surface area contributed by atoms with Crippen molar-refractivity contribution in [2.45, 2.75) is 13.2 Å².